The number of aromatic amines is 1. The molecule has 8 heteroatoms. The van der Waals surface area contributed by atoms with Crippen molar-refractivity contribution in [3.63, 3.8) is 0 Å². The molecular weight excluding hydrogens is 446 g/mol. The van der Waals surface area contributed by atoms with Gasteiger partial charge < -0.3 is 9.88 Å². The zero-order chi connectivity index (χ0) is 23.1. The fraction of sp³-hybridized carbons (Fsp3) is 0.0769. The van der Waals surface area contributed by atoms with Crippen LogP contribution in [0.4, 0.5) is 5.13 Å². The number of rotatable bonds is 5. The highest BCUT2D eigenvalue weighted by molar-refractivity contribution is 7.13. The van der Waals surface area contributed by atoms with Crippen LogP contribution in [-0.2, 0) is 11.3 Å². The molecule has 0 saturated carbocycles. The first-order valence-corrected chi connectivity index (χ1v) is 11.7. The maximum atomic E-state index is 13.6. The SMILES string of the molecule is O=C(Nc1nncs1)C(c1ccccc1)N1Cc2ccc(-c3ccc4[nH]ccc4c3)cc2C1=O. The molecule has 0 fully saturated rings. The quantitative estimate of drug-likeness (QED) is 0.381. The Balaban J connectivity index is 1.35. The average Bonchev–Trinajstić information content (AvgIpc) is 3.61. The molecule has 2 amide bonds. The smallest absolute Gasteiger partial charge is 0.255 e. The zero-order valence-electron chi connectivity index (χ0n) is 17.9. The summed E-state index contributed by atoms with van der Waals surface area (Å²) in [5, 5.41) is 12.0. The summed E-state index contributed by atoms with van der Waals surface area (Å²) in [6, 6.07) is 22.7. The van der Waals surface area contributed by atoms with Crippen LogP contribution in [0.15, 0.2) is 84.5 Å². The number of amides is 2. The normalized spacial score (nSPS) is 13.8. The topological polar surface area (TPSA) is 91.0 Å². The Morgan fingerprint density at radius 2 is 1.85 bits per heavy atom. The van der Waals surface area contributed by atoms with E-state index in [0.29, 0.717) is 17.2 Å². The number of carbonyl (C=O) groups is 2. The predicted molar refractivity (Wildman–Crippen MR) is 131 cm³/mol. The van der Waals surface area contributed by atoms with Gasteiger partial charge in [0, 0.05) is 23.8 Å². The van der Waals surface area contributed by atoms with E-state index in [9.17, 15) is 9.59 Å². The van der Waals surface area contributed by atoms with Gasteiger partial charge in [0.25, 0.3) is 11.8 Å². The molecule has 2 aromatic heterocycles. The Hall–Kier alpha value is -4.30. The van der Waals surface area contributed by atoms with Crippen molar-refractivity contribution in [1.29, 1.82) is 0 Å². The van der Waals surface area contributed by atoms with Crippen LogP contribution >= 0.6 is 11.3 Å². The number of nitrogens with zero attached hydrogens (tertiary/aromatic N) is 3. The Labute approximate surface area is 199 Å². The number of anilines is 1. The van der Waals surface area contributed by atoms with Crippen molar-refractivity contribution in [3.8, 4) is 11.1 Å². The first-order chi connectivity index (χ1) is 16.7. The Kier molecular flexibility index (Phi) is 4.92. The summed E-state index contributed by atoms with van der Waals surface area (Å²) >= 11 is 1.24. The second-order valence-corrected chi connectivity index (χ2v) is 8.96. The van der Waals surface area contributed by atoms with Crippen LogP contribution in [0, 0.1) is 0 Å². The molecule has 0 bridgehead atoms. The number of carbonyl (C=O) groups excluding carboxylic acids is 2. The van der Waals surface area contributed by atoms with E-state index in [0.717, 1.165) is 33.2 Å². The number of H-pyrrole nitrogens is 1. The molecule has 1 atom stereocenters. The Morgan fingerprint density at radius 3 is 2.68 bits per heavy atom. The molecule has 3 aromatic carbocycles. The minimum atomic E-state index is -0.787. The molecule has 2 N–H and O–H groups in total. The monoisotopic (exact) mass is 465 g/mol. The van der Waals surface area contributed by atoms with E-state index in [-0.39, 0.29) is 11.8 Å². The third-order valence-corrected chi connectivity index (χ3v) is 6.70. The molecule has 0 aliphatic carbocycles. The van der Waals surface area contributed by atoms with Gasteiger partial charge in [0.05, 0.1) is 0 Å². The van der Waals surface area contributed by atoms with Crippen molar-refractivity contribution in [2.24, 2.45) is 0 Å². The lowest BCUT2D eigenvalue weighted by molar-refractivity contribution is -0.120. The standard InChI is InChI=1S/C26H19N5O2S/c32-24(29-26-30-28-15-34-26)23(16-4-2-1-3-5-16)31-14-20-7-6-18(13-21(20)25(31)33)17-8-9-22-19(12-17)10-11-27-22/h1-13,15,23,27H,14H2,(H,29,30,32). The molecule has 6 rings (SSSR count). The summed E-state index contributed by atoms with van der Waals surface area (Å²) in [5.74, 6) is -0.483. The summed E-state index contributed by atoms with van der Waals surface area (Å²) in [4.78, 5) is 31.7. The van der Waals surface area contributed by atoms with E-state index >= 15 is 0 Å². The van der Waals surface area contributed by atoms with Gasteiger partial charge in [-0.1, -0.05) is 59.9 Å². The van der Waals surface area contributed by atoms with Crippen molar-refractivity contribution in [2.45, 2.75) is 12.6 Å². The number of fused-ring (bicyclic) bond motifs is 2. The number of benzene rings is 3. The highest BCUT2D eigenvalue weighted by Gasteiger charge is 2.37. The first kappa shape index (κ1) is 20.3. The van der Waals surface area contributed by atoms with Crippen LogP contribution in [0.2, 0.25) is 0 Å². The Bertz CT molecular complexity index is 1510. The largest absolute Gasteiger partial charge is 0.361 e. The maximum Gasteiger partial charge on any atom is 0.255 e. The minimum Gasteiger partial charge on any atom is -0.361 e. The van der Waals surface area contributed by atoms with Gasteiger partial charge in [-0.15, -0.1) is 10.2 Å². The van der Waals surface area contributed by atoms with Gasteiger partial charge in [0.2, 0.25) is 5.13 Å². The molecule has 0 spiro atoms. The fourth-order valence-electron chi connectivity index (χ4n) is 4.45. The van der Waals surface area contributed by atoms with E-state index in [1.54, 1.807) is 10.4 Å². The van der Waals surface area contributed by atoms with E-state index in [4.69, 9.17) is 0 Å². The van der Waals surface area contributed by atoms with Crippen molar-refractivity contribution >= 4 is 39.2 Å². The first-order valence-electron chi connectivity index (χ1n) is 10.8. The molecular formula is C26H19N5O2S. The molecule has 7 nitrogen and oxygen atoms in total. The zero-order valence-corrected chi connectivity index (χ0v) is 18.8. The van der Waals surface area contributed by atoms with Crippen LogP contribution in [0.5, 0.6) is 0 Å². The van der Waals surface area contributed by atoms with Crippen molar-refractivity contribution in [3.05, 3.63) is 101 Å². The summed E-state index contributed by atoms with van der Waals surface area (Å²) in [5.41, 5.74) is 6.89. The van der Waals surface area contributed by atoms with Gasteiger partial charge >= 0.3 is 0 Å². The highest BCUT2D eigenvalue weighted by atomic mass is 32.1. The van der Waals surface area contributed by atoms with Crippen LogP contribution in [0.3, 0.4) is 0 Å². The van der Waals surface area contributed by atoms with Crippen LogP contribution < -0.4 is 5.32 Å². The van der Waals surface area contributed by atoms with Gasteiger partial charge in [-0.3, -0.25) is 14.9 Å². The lowest BCUT2D eigenvalue weighted by atomic mass is 9.99. The van der Waals surface area contributed by atoms with E-state index in [1.165, 1.54) is 11.3 Å². The van der Waals surface area contributed by atoms with Crippen molar-refractivity contribution in [1.82, 2.24) is 20.1 Å². The van der Waals surface area contributed by atoms with Gasteiger partial charge in [0.1, 0.15) is 11.6 Å². The molecule has 5 aromatic rings. The van der Waals surface area contributed by atoms with Crippen LogP contribution in [-0.4, -0.2) is 31.9 Å². The average molecular weight is 466 g/mol. The summed E-state index contributed by atoms with van der Waals surface area (Å²) < 4.78 is 0. The lowest BCUT2D eigenvalue weighted by Gasteiger charge is -2.26. The molecule has 1 unspecified atom stereocenters. The van der Waals surface area contributed by atoms with Gasteiger partial charge in [-0.25, -0.2) is 0 Å². The summed E-state index contributed by atoms with van der Waals surface area (Å²) in [6.07, 6.45) is 1.91. The van der Waals surface area contributed by atoms with Crippen LogP contribution in [0.1, 0.15) is 27.5 Å². The molecule has 1 aliphatic rings. The van der Waals surface area contributed by atoms with E-state index in [2.05, 4.69) is 26.6 Å². The highest BCUT2D eigenvalue weighted by Crippen LogP contribution is 2.35. The molecule has 3 heterocycles. The van der Waals surface area contributed by atoms with Gasteiger partial charge in [0.15, 0.2) is 0 Å². The second-order valence-electron chi connectivity index (χ2n) is 8.13. The molecule has 0 radical (unpaired) electrons. The van der Waals surface area contributed by atoms with Gasteiger partial charge in [-0.2, -0.15) is 0 Å². The molecule has 1 aliphatic heterocycles. The Morgan fingerprint density at radius 1 is 1.03 bits per heavy atom. The second kappa shape index (κ2) is 8.24. The minimum absolute atomic E-state index is 0.166. The number of aromatic nitrogens is 3. The lowest BCUT2D eigenvalue weighted by Crippen LogP contribution is -2.37. The fourth-order valence-corrected chi connectivity index (χ4v) is 4.90. The summed E-state index contributed by atoms with van der Waals surface area (Å²) in [6.45, 7) is 0.356. The van der Waals surface area contributed by atoms with Crippen LogP contribution in [0.25, 0.3) is 22.0 Å². The van der Waals surface area contributed by atoms with E-state index in [1.807, 2.05) is 72.9 Å². The third-order valence-electron chi connectivity index (χ3n) is 6.09. The molecule has 34 heavy (non-hydrogen) atoms. The number of hydrogen-bond donors (Lipinski definition) is 2. The predicted octanol–water partition coefficient (Wildman–Crippen LogP) is 5.02. The van der Waals surface area contributed by atoms with Crippen molar-refractivity contribution in [2.75, 3.05) is 5.32 Å². The van der Waals surface area contributed by atoms with Gasteiger partial charge in [-0.05, 0) is 51.9 Å². The molecule has 0 saturated heterocycles. The van der Waals surface area contributed by atoms with E-state index < -0.39 is 6.04 Å². The molecule has 166 valence electrons. The third kappa shape index (κ3) is 3.54. The maximum absolute atomic E-state index is 13.6. The number of hydrogen-bond acceptors (Lipinski definition) is 5. The van der Waals surface area contributed by atoms with Crippen molar-refractivity contribution < 1.29 is 9.59 Å². The number of nitrogens with one attached hydrogen (secondary N) is 2. The summed E-state index contributed by atoms with van der Waals surface area (Å²) in [7, 11) is 0.